The van der Waals surface area contributed by atoms with Crippen molar-refractivity contribution in [3.63, 3.8) is 0 Å². The van der Waals surface area contributed by atoms with Gasteiger partial charge in [-0.1, -0.05) is 6.07 Å². The molecule has 3 atom stereocenters. The second kappa shape index (κ2) is 18.2. The van der Waals surface area contributed by atoms with Gasteiger partial charge < -0.3 is 39.1 Å². The molecule has 53 heavy (non-hydrogen) atoms. The highest BCUT2D eigenvalue weighted by Gasteiger charge is 2.39. The fourth-order valence-electron chi connectivity index (χ4n) is 7.14. The number of hydrogen-bond donors (Lipinski definition) is 1. The minimum absolute atomic E-state index is 0.0144. The zero-order valence-electron chi connectivity index (χ0n) is 31.3. The maximum absolute atomic E-state index is 13.9. The van der Waals surface area contributed by atoms with Crippen LogP contribution in [0.1, 0.15) is 81.8 Å². The third-order valence-corrected chi connectivity index (χ3v) is 9.96. The van der Waals surface area contributed by atoms with E-state index in [9.17, 15) is 28.8 Å². The molecule has 15 heteroatoms. The lowest BCUT2D eigenvalue weighted by atomic mass is 10.1. The van der Waals surface area contributed by atoms with Gasteiger partial charge in [0.15, 0.2) is 6.10 Å². The van der Waals surface area contributed by atoms with E-state index in [0.29, 0.717) is 37.0 Å². The number of nitrogens with one attached hydrogen (secondary N) is 1. The molecule has 4 heterocycles. The molecule has 1 aromatic heterocycles. The Morgan fingerprint density at radius 3 is 2.23 bits per heavy atom. The van der Waals surface area contributed by atoms with Gasteiger partial charge in [0, 0.05) is 63.7 Å². The molecule has 3 aliphatic rings. The number of aryl methyl sites for hydroxylation is 1. The van der Waals surface area contributed by atoms with E-state index in [4.69, 9.17) is 14.2 Å². The highest BCUT2D eigenvalue weighted by Crippen LogP contribution is 2.29. The molecule has 3 unspecified atom stereocenters. The molecule has 1 aromatic carbocycles. The standard InChI is InChI=1S/C38H52N6O9/c1-5-51-33(45)15-14-28(36(48)42-19-21-43(22-20-42)38(50)52-6-2)40-34(46)30-24-32(27-13-12-25(3)23-29(27)39-30)53-26(4)35(47)44-18-10-11-31(44)37(49)41-16-8-7-9-17-41/h12-13,23-24,26,28,31H,5-11,14-22H2,1-4H3,(H,40,46). The van der Waals surface area contributed by atoms with Crippen molar-refractivity contribution in [1.29, 1.82) is 0 Å². The topological polar surface area (TPSA) is 168 Å². The highest BCUT2D eigenvalue weighted by molar-refractivity contribution is 6.00. The van der Waals surface area contributed by atoms with Gasteiger partial charge in [0.2, 0.25) is 11.8 Å². The van der Waals surface area contributed by atoms with Crippen LogP contribution in [0.5, 0.6) is 5.75 Å². The normalized spacial score (nSPS) is 18.7. The number of piperidine rings is 1. The molecule has 15 nitrogen and oxygen atoms in total. The molecule has 0 aliphatic carbocycles. The van der Waals surface area contributed by atoms with E-state index in [0.717, 1.165) is 31.2 Å². The number of esters is 1. The zero-order valence-corrected chi connectivity index (χ0v) is 31.3. The molecule has 3 fully saturated rings. The number of hydrogen-bond acceptors (Lipinski definition) is 10. The van der Waals surface area contributed by atoms with Crippen LogP contribution in [0.2, 0.25) is 0 Å². The van der Waals surface area contributed by atoms with Crippen LogP contribution in [0.4, 0.5) is 4.79 Å². The number of pyridine rings is 1. The van der Waals surface area contributed by atoms with Gasteiger partial charge in [0.05, 0.1) is 18.7 Å². The maximum Gasteiger partial charge on any atom is 0.409 e. The minimum Gasteiger partial charge on any atom is -0.480 e. The van der Waals surface area contributed by atoms with Gasteiger partial charge in [0.1, 0.15) is 23.5 Å². The Labute approximate surface area is 310 Å². The summed E-state index contributed by atoms with van der Waals surface area (Å²) in [5.41, 5.74) is 1.30. The number of rotatable bonds is 12. The first-order valence-electron chi connectivity index (χ1n) is 18.8. The molecular weight excluding hydrogens is 684 g/mol. The predicted octanol–water partition coefficient (Wildman–Crippen LogP) is 3.06. The number of carbonyl (C=O) groups excluding carboxylic acids is 6. The molecule has 0 radical (unpaired) electrons. The van der Waals surface area contributed by atoms with Crippen LogP contribution in [-0.2, 0) is 28.7 Å². The number of benzene rings is 1. The summed E-state index contributed by atoms with van der Waals surface area (Å²) in [5.74, 6) is -1.65. The van der Waals surface area contributed by atoms with Crippen LogP contribution in [-0.4, -0.2) is 137 Å². The second-order valence-electron chi connectivity index (χ2n) is 13.7. The Hall–Kier alpha value is -4.95. The zero-order chi connectivity index (χ0) is 38.1. The van der Waals surface area contributed by atoms with Crippen molar-refractivity contribution in [2.45, 2.75) is 90.8 Å². The van der Waals surface area contributed by atoms with E-state index < -0.39 is 42.1 Å². The van der Waals surface area contributed by atoms with Gasteiger partial charge in [0.25, 0.3) is 11.8 Å². The number of ether oxygens (including phenoxy) is 3. The van der Waals surface area contributed by atoms with Gasteiger partial charge in [-0.3, -0.25) is 24.0 Å². The Balaban J connectivity index is 1.34. The number of carbonyl (C=O) groups is 6. The lowest BCUT2D eigenvalue weighted by Crippen LogP contribution is -2.56. The van der Waals surface area contributed by atoms with E-state index in [1.807, 2.05) is 24.0 Å². The van der Waals surface area contributed by atoms with Crippen molar-refractivity contribution in [2.75, 3.05) is 59.0 Å². The summed E-state index contributed by atoms with van der Waals surface area (Å²) < 4.78 is 16.4. The van der Waals surface area contributed by atoms with Gasteiger partial charge in [-0.15, -0.1) is 0 Å². The van der Waals surface area contributed by atoms with Gasteiger partial charge in [-0.2, -0.15) is 0 Å². The number of fused-ring (bicyclic) bond motifs is 1. The first-order chi connectivity index (χ1) is 25.5. The monoisotopic (exact) mass is 736 g/mol. The Morgan fingerprint density at radius 2 is 1.53 bits per heavy atom. The average Bonchev–Trinajstić information content (AvgIpc) is 3.66. The minimum atomic E-state index is -1.09. The first kappa shape index (κ1) is 39.3. The molecule has 0 bridgehead atoms. The molecule has 3 saturated heterocycles. The van der Waals surface area contributed by atoms with Crippen LogP contribution in [0.25, 0.3) is 10.9 Å². The Bertz CT molecular complexity index is 1670. The van der Waals surface area contributed by atoms with Gasteiger partial charge >= 0.3 is 12.1 Å². The lowest BCUT2D eigenvalue weighted by Gasteiger charge is -2.36. The average molecular weight is 737 g/mol. The third kappa shape index (κ3) is 9.73. The molecule has 5 amide bonds. The number of aromatic nitrogens is 1. The summed E-state index contributed by atoms with van der Waals surface area (Å²) in [4.78, 5) is 90.6. The number of nitrogens with zero attached hydrogens (tertiary/aromatic N) is 5. The quantitative estimate of drug-likeness (QED) is 0.320. The van der Waals surface area contributed by atoms with Crippen molar-refractivity contribution < 1.29 is 43.0 Å². The predicted molar refractivity (Wildman–Crippen MR) is 194 cm³/mol. The number of piperazine rings is 1. The van der Waals surface area contributed by atoms with Crippen molar-refractivity contribution >= 4 is 46.6 Å². The molecule has 0 spiro atoms. The smallest absolute Gasteiger partial charge is 0.409 e. The van der Waals surface area contributed by atoms with Gasteiger partial charge in [-0.25, -0.2) is 9.78 Å². The molecule has 1 N–H and O–H groups in total. The van der Waals surface area contributed by atoms with Crippen LogP contribution < -0.4 is 10.1 Å². The third-order valence-electron chi connectivity index (χ3n) is 9.96. The summed E-state index contributed by atoms with van der Waals surface area (Å²) in [6.45, 7) is 10.2. The van der Waals surface area contributed by atoms with Gasteiger partial charge in [-0.05, 0) is 83.9 Å². The van der Waals surface area contributed by atoms with Crippen molar-refractivity contribution in [3.8, 4) is 5.75 Å². The van der Waals surface area contributed by atoms with Crippen LogP contribution in [0.15, 0.2) is 24.3 Å². The summed E-state index contributed by atoms with van der Waals surface area (Å²) in [6, 6.07) is 5.31. The molecule has 3 aliphatic heterocycles. The fourth-order valence-corrected chi connectivity index (χ4v) is 7.14. The van der Waals surface area contributed by atoms with E-state index in [2.05, 4.69) is 10.3 Å². The summed E-state index contributed by atoms with van der Waals surface area (Å²) in [5, 5.41) is 3.37. The van der Waals surface area contributed by atoms with Crippen molar-refractivity contribution in [1.82, 2.24) is 29.9 Å². The SMILES string of the molecule is CCOC(=O)CCC(NC(=O)c1cc(OC(C)C(=O)N2CCCC2C(=O)N2CCCCC2)c2ccc(C)cc2n1)C(=O)N1CCN(C(=O)OCC)CC1. The number of likely N-dealkylation sites (tertiary alicyclic amines) is 2. The van der Waals surface area contributed by atoms with E-state index in [1.54, 1.807) is 36.6 Å². The van der Waals surface area contributed by atoms with E-state index >= 15 is 0 Å². The molecule has 0 saturated carbocycles. The van der Waals surface area contributed by atoms with Crippen LogP contribution >= 0.6 is 0 Å². The van der Waals surface area contributed by atoms with Crippen molar-refractivity contribution in [2.24, 2.45) is 0 Å². The molecular formula is C38H52N6O9. The summed E-state index contributed by atoms with van der Waals surface area (Å²) in [6.07, 6.45) is 2.80. The molecule has 5 rings (SSSR count). The lowest BCUT2D eigenvalue weighted by molar-refractivity contribution is -0.147. The van der Waals surface area contributed by atoms with Crippen LogP contribution in [0, 0.1) is 6.92 Å². The largest absolute Gasteiger partial charge is 0.480 e. The second-order valence-corrected chi connectivity index (χ2v) is 13.7. The highest BCUT2D eigenvalue weighted by atomic mass is 16.6. The first-order valence-corrected chi connectivity index (χ1v) is 18.8. The van der Waals surface area contributed by atoms with Crippen LogP contribution in [0.3, 0.4) is 0 Å². The summed E-state index contributed by atoms with van der Waals surface area (Å²) >= 11 is 0. The van der Waals surface area contributed by atoms with E-state index in [1.165, 1.54) is 11.0 Å². The Morgan fingerprint density at radius 1 is 0.830 bits per heavy atom. The molecule has 2 aromatic rings. The maximum atomic E-state index is 13.9. The van der Waals surface area contributed by atoms with E-state index in [-0.39, 0.29) is 75.5 Å². The van der Waals surface area contributed by atoms with Crippen molar-refractivity contribution in [3.05, 3.63) is 35.5 Å². The fraction of sp³-hybridized carbons (Fsp3) is 0.605. The Kier molecular flexibility index (Phi) is 13.5. The number of amides is 5. The summed E-state index contributed by atoms with van der Waals surface area (Å²) in [7, 11) is 0. The molecule has 288 valence electrons.